The summed E-state index contributed by atoms with van der Waals surface area (Å²) in [5.41, 5.74) is 3.87. The second-order valence-corrected chi connectivity index (χ2v) is 5.24. The maximum absolute atomic E-state index is 13.2. The highest BCUT2D eigenvalue weighted by Crippen LogP contribution is 2.44. The van der Waals surface area contributed by atoms with Gasteiger partial charge in [0, 0.05) is 5.56 Å². The SMILES string of the molecule is CC(=O)c1ccc(OCc2cccc(C(N)=O)c2)c(C(F)(F)F)c1O.Cl. The van der Waals surface area contributed by atoms with Gasteiger partial charge in [0.15, 0.2) is 5.78 Å². The first-order valence-electron chi connectivity index (χ1n) is 7.07. The molecule has 26 heavy (non-hydrogen) atoms. The van der Waals surface area contributed by atoms with E-state index in [-0.39, 0.29) is 24.6 Å². The Balaban J connectivity index is 0.00000338. The summed E-state index contributed by atoms with van der Waals surface area (Å²) in [7, 11) is 0. The van der Waals surface area contributed by atoms with Crippen molar-refractivity contribution in [2.45, 2.75) is 19.7 Å². The standard InChI is InChI=1S/C17H14F3NO4.ClH/c1-9(22)12-5-6-13(14(15(12)23)17(18,19)20)25-8-10-3-2-4-11(7-10)16(21)24;/h2-7,23H,8H2,1H3,(H2,21,24);1H. The minimum absolute atomic E-state index is 0. The van der Waals surface area contributed by atoms with E-state index in [9.17, 15) is 27.9 Å². The first-order valence-corrected chi connectivity index (χ1v) is 7.07. The molecule has 0 fully saturated rings. The van der Waals surface area contributed by atoms with Gasteiger partial charge in [-0.25, -0.2) is 0 Å². The van der Waals surface area contributed by atoms with E-state index in [1.54, 1.807) is 6.07 Å². The van der Waals surface area contributed by atoms with Gasteiger partial charge in [-0.05, 0) is 36.8 Å². The molecule has 0 heterocycles. The Morgan fingerprint density at radius 3 is 2.38 bits per heavy atom. The molecule has 0 bridgehead atoms. The smallest absolute Gasteiger partial charge is 0.423 e. The highest BCUT2D eigenvalue weighted by molar-refractivity contribution is 5.97. The van der Waals surface area contributed by atoms with E-state index in [4.69, 9.17) is 10.5 Å². The summed E-state index contributed by atoms with van der Waals surface area (Å²) in [5, 5.41) is 9.81. The molecule has 140 valence electrons. The van der Waals surface area contributed by atoms with Crippen LogP contribution in [0.3, 0.4) is 0 Å². The predicted molar refractivity (Wildman–Crippen MR) is 89.7 cm³/mol. The van der Waals surface area contributed by atoms with Crippen LogP contribution in [0.5, 0.6) is 11.5 Å². The number of hydrogen-bond donors (Lipinski definition) is 2. The molecule has 0 saturated heterocycles. The van der Waals surface area contributed by atoms with Crippen LogP contribution in [0.1, 0.15) is 38.8 Å². The lowest BCUT2D eigenvalue weighted by molar-refractivity contribution is -0.140. The number of carbonyl (C=O) groups excluding carboxylic acids is 2. The van der Waals surface area contributed by atoms with E-state index in [1.807, 2.05) is 0 Å². The van der Waals surface area contributed by atoms with Crippen LogP contribution in [0.15, 0.2) is 36.4 Å². The van der Waals surface area contributed by atoms with Gasteiger partial charge in [0.25, 0.3) is 0 Å². The van der Waals surface area contributed by atoms with Crippen molar-refractivity contribution in [1.82, 2.24) is 0 Å². The fourth-order valence-corrected chi connectivity index (χ4v) is 2.23. The maximum atomic E-state index is 13.2. The normalized spacial score (nSPS) is 10.8. The molecule has 0 unspecified atom stereocenters. The number of aromatic hydroxyl groups is 1. The minimum atomic E-state index is -4.92. The van der Waals surface area contributed by atoms with Gasteiger partial charge in [0.1, 0.15) is 23.7 Å². The number of hydrogen-bond acceptors (Lipinski definition) is 4. The molecule has 0 aliphatic rings. The first kappa shape index (κ1) is 21.3. The van der Waals surface area contributed by atoms with Crippen molar-refractivity contribution in [3.63, 3.8) is 0 Å². The average molecular weight is 390 g/mol. The molecule has 0 radical (unpaired) electrons. The third-order valence-corrected chi connectivity index (χ3v) is 3.41. The molecule has 9 heteroatoms. The van der Waals surface area contributed by atoms with E-state index in [0.29, 0.717) is 5.56 Å². The number of Topliss-reactive ketones (excluding diaryl/α,β-unsaturated/α-hetero) is 1. The van der Waals surface area contributed by atoms with Crippen molar-refractivity contribution < 1.29 is 32.6 Å². The van der Waals surface area contributed by atoms with Gasteiger partial charge < -0.3 is 15.6 Å². The molecule has 3 N–H and O–H groups in total. The van der Waals surface area contributed by atoms with Crippen LogP contribution in [0.25, 0.3) is 0 Å². The number of rotatable bonds is 5. The van der Waals surface area contributed by atoms with Gasteiger partial charge in [-0.1, -0.05) is 12.1 Å². The van der Waals surface area contributed by atoms with Gasteiger partial charge in [-0.3, -0.25) is 9.59 Å². The zero-order valence-corrected chi connectivity index (χ0v) is 14.3. The zero-order valence-electron chi connectivity index (χ0n) is 13.5. The summed E-state index contributed by atoms with van der Waals surface area (Å²) in [6.45, 7) is 0.758. The van der Waals surface area contributed by atoms with Gasteiger partial charge in [-0.2, -0.15) is 13.2 Å². The Morgan fingerprint density at radius 2 is 1.85 bits per heavy atom. The highest BCUT2D eigenvalue weighted by Gasteiger charge is 2.39. The van der Waals surface area contributed by atoms with Crippen LogP contribution >= 0.6 is 12.4 Å². The number of phenols is 1. The second-order valence-electron chi connectivity index (χ2n) is 5.24. The molecule has 0 atom stereocenters. The van der Waals surface area contributed by atoms with E-state index < -0.39 is 40.5 Å². The summed E-state index contributed by atoms with van der Waals surface area (Å²) in [6.07, 6.45) is -4.92. The fourth-order valence-electron chi connectivity index (χ4n) is 2.23. The van der Waals surface area contributed by atoms with E-state index in [1.165, 1.54) is 18.2 Å². The van der Waals surface area contributed by atoms with Crippen molar-refractivity contribution in [1.29, 1.82) is 0 Å². The molecule has 0 aromatic heterocycles. The molecule has 0 aliphatic carbocycles. The number of benzene rings is 2. The largest absolute Gasteiger partial charge is 0.506 e. The Morgan fingerprint density at radius 1 is 1.19 bits per heavy atom. The molecule has 0 aliphatic heterocycles. The fraction of sp³-hybridized carbons (Fsp3) is 0.176. The molecule has 2 aromatic rings. The summed E-state index contributed by atoms with van der Waals surface area (Å²) < 4.78 is 44.9. The lowest BCUT2D eigenvalue weighted by Crippen LogP contribution is -2.12. The van der Waals surface area contributed by atoms with Gasteiger partial charge in [-0.15, -0.1) is 12.4 Å². The summed E-state index contributed by atoms with van der Waals surface area (Å²) in [6, 6.07) is 7.93. The molecule has 1 amide bonds. The third-order valence-electron chi connectivity index (χ3n) is 3.41. The molecule has 0 spiro atoms. The van der Waals surface area contributed by atoms with E-state index >= 15 is 0 Å². The number of primary amides is 1. The number of ketones is 1. The Labute approximate surface area is 153 Å². The topological polar surface area (TPSA) is 89.6 Å². The van der Waals surface area contributed by atoms with E-state index in [2.05, 4.69) is 0 Å². The highest BCUT2D eigenvalue weighted by atomic mass is 35.5. The number of ether oxygens (including phenoxy) is 1. The molecular formula is C17H15ClF3NO4. The van der Waals surface area contributed by atoms with Crippen molar-refractivity contribution >= 4 is 24.1 Å². The number of amides is 1. The maximum Gasteiger partial charge on any atom is 0.423 e. The number of carbonyl (C=O) groups is 2. The summed E-state index contributed by atoms with van der Waals surface area (Å²) >= 11 is 0. The van der Waals surface area contributed by atoms with Gasteiger partial charge in [0.2, 0.25) is 5.91 Å². The predicted octanol–water partition coefficient (Wildman–Crippen LogP) is 3.71. The molecular weight excluding hydrogens is 375 g/mol. The van der Waals surface area contributed by atoms with Crippen molar-refractivity contribution in [3.05, 3.63) is 58.7 Å². The van der Waals surface area contributed by atoms with Crippen LogP contribution in [0.4, 0.5) is 13.2 Å². The van der Waals surface area contributed by atoms with Crippen LogP contribution in [-0.2, 0) is 12.8 Å². The first-order chi connectivity index (χ1) is 11.6. The van der Waals surface area contributed by atoms with Gasteiger partial charge >= 0.3 is 6.18 Å². The number of alkyl halides is 3. The lowest BCUT2D eigenvalue weighted by atomic mass is 10.0. The lowest BCUT2D eigenvalue weighted by Gasteiger charge is -2.17. The van der Waals surface area contributed by atoms with Crippen LogP contribution in [0, 0.1) is 0 Å². The quantitative estimate of drug-likeness (QED) is 0.763. The minimum Gasteiger partial charge on any atom is -0.506 e. The number of phenolic OH excluding ortho intramolecular Hbond substituents is 1. The Bertz CT molecular complexity index is 837. The van der Waals surface area contributed by atoms with E-state index in [0.717, 1.165) is 19.1 Å². The van der Waals surface area contributed by atoms with Crippen molar-refractivity contribution in [2.75, 3.05) is 0 Å². The molecule has 5 nitrogen and oxygen atoms in total. The molecule has 2 aromatic carbocycles. The average Bonchev–Trinajstić information content (AvgIpc) is 2.51. The van der Waals surface area contributed by atoms with Crippen molar-refractivity contribution in [2.24, 2.45) is 5.73 Å². The Hall–Kier alpha value is -2.74. The zero-order chi connectivity index (χ0) is 18.8. The van der Waals surface area contributed by atoms with Gasteiger partial charge in [0.05, 0.1) is 5.56 Å². The van der Waals surface area contributed by atoms with Crippen LogP contribution in [0.2, 0.25) is 0 Å². The summed E-state index contributed by atoms with van der Waals surface area (Å²) in [5.74, 6) is -3.19. The van der Waals surface area contributed by atoms with Crippen molar-refractivity contribution in [3.8, 4) is 11.5 Å². The van der Waals surface area contributed by atoms with Crippen LogP contribution < -0.4 is 10.5 Å². The molecule has 2 rings (SSSR count). The summed E-state index contributed by atoms with van der Waals surface area (Å²) in [4.78, 5) is 22.5. The number of nitrogens with two attached hydrogens (primary N) is 1. The van der Waals surface area contributed by atoms with Crippen LogP contribution in [-0.4, -0.2) is 16.8 Å². The Kier molecular flexibility index (Phi) is 6.63. The number of halogens is 4. The second kappa shape index (κ2) is 8.09. The monoisotopic (exact) mass is 389 g/mol. The molecule has 0 saturated carbocycles. The third kappa shape index (κ3) is 4.66.